The molecule has 0 unspecified atom stereocenters. The van der Waals surface area contributed by atoms with Gasteiger partial charge in [0, 0.05) is 11.1 Å². The smallest absolute Gasteiger partial charge is 0.293 e. The molecule has 2 aromatic heterocycles. The van der Waals surface area contributed by atoms with Crippen molar-refractivity contribution in [3.8, 4) is 0 Å². The molecule has 2 amide bonds. The molecule has 0 atom stereocenters. The first-order chi connectivity index (χ1) is 13.5. The lowest BCUT2D eigenvalue weighted by Crippen LogP contribution is -2.17. The molecule has 0 spiro atoms. The van der Waals surface area contributed by atoms with Crippen LogP contribution < -0.4 is 10.6 Å². The summed E-state index contributed by atoms with van der Waals surface area (Å²) in [4.78, 5) is 25.3. The highest BCUT2D eigenvalue weighted by molar-refractivity contribution is 6.16. The molecule has 4 aromatic rings. The van der Waals surface area contributed by atoms with E-state index in [-0.39, 0.29) is 11.5 Å². The van der Waals surface area contributed by atoms with Crippen molar-refractivity contribution < 1.29 is 18.4 Å². The SMILES string of the molecule is Cc1ccc(NC(=O)c2oc3ccccc3c2NC(=O)c2ccco2)cc1C. The van der Waals surface area contributed by atoms with E-state index >= 15 is 0 Å². The molecule has 2 aromatic carbocycles. The van der Waals surface area contributed by atoms with Gasteiger partial charge in [0.2, 0.25) is 5.76 Å². The van der Waals surface area contributed by atoms with Gasteiger partial charge in [0.15, 0.2) is 5.76 Å². The van der Waals surface area contributed by atoms with Gasteiger partial charge >= 0.3 is 0 Å². The van der Waals surface area contributed by atoms with Gasteiger partial charge in [0.1, 0.15) is 11.3 Å². The molecule has 28 heavy (non-hydrogen) atoms. The van der Waals surface area contributed by atoms with Gasteiger partial charge in [-0.25, -0.2) is 0 Å². The van der Waals surface area contributed by atoms with E-state index in [4.69, 9.17) is 8.83 Å². The van der Waals surface area contributed by atoms with Gasteiger partial charge in [0.25, 0.3) is 11.8 Å². The van der Waals surface area contributed by atoms with Crippen molar-refractivity contribution in [3.05, 3.63) is 83.5 Å². The van der Waals surface area contributed by atoms with Crippen LogP contribution in [0.5, 0.6) is 0 Å². The number of rotatable bonds is 4. The van der Waals surface area contributed by atoms with E-state index in [0.717, 1.165) is 11.1 Å². The van der Waals surface area contributed by atoms with Crippen molar-refractivity contribution in [2.24, 2.45) is 0 Å². The van der Waals surface area contributed by atoms with Crippen LogP contribution in [0.15, 0.2) is 69.7 Å². The summed E-state index contributed by atoms with van der Waals surface area (Å²) in [6.07, 6.45) is 1.41. The van der Waals surface area contributed by atoms with Crippen LogP contribution in [0.3, 0.4) is 0 Å². The van der Waals surface area contributed by atoms with E-state index in [1.165, 1.54) is 6.26 Å². The lowest BCUT2D eigenvalue weighted by atomic mass is 10.1. The van der Waals surface area contributed by atoms with E-state index in [1.807, 2.05) is 38.1 Å². The number of hydrogen-bond donors (Lipinski definition) is 2. The number of amides is 2. The van der Waals surface area contributed by atoms with Crippen LogP contribution in [-0.4, -0.2) is 11.8 Å². The zero-order valence-corrected chi connectivity index (χ0v) is 15.4. The Morgan fingerprint density at radius 3 is 2.43 bits per heavy atom. The fourth-order valence-electron chi connectivity index (χ4n) is 2.92. The average molecular weight is 374 g/mol. The molecule has 2 N–H and O–H groups in total. The molecule has 0 aliphatic heterocycles. The van der Waals surface area contributed by atoms with Crippen molar-refractivity contribution in [2.75, 3.05) is 10.6 Å². The summed E-state index contributed by atoms with van der Waals surface area (Å²) in [5.41, 5.74) is 3.65. The van der Waals surface area contributed by atoms with Crippen LogP contribution in [-0.2, 0) is 0 Å². The minimum atomic E-state index is -0.461. The zero-order chi connectivity index (χ0) is 19.7. The van der Waals surface area contributed by atoms with Gasteiger partial charge in [-0.05, 0) is 61.4 Å². The maximum absolute atomic E-state index is 12.9. The number of benzene rings is 2. The largest absolute Gasteiger partial charge is 0.459 e. The van der Waals surface area contributed by atoms with Gasteiger partial charge in [0.05, 0.1) is 6.26 Å². The van der Waals surface area contributed by atoms with Crippen molar-refractivity contribution in [1.29, 1.82) is 0 Å². The first-order valence-electron chi connectivity index (χ1n) is 8.78. The zero-order valence-electron chi connectivity index (χ0n) is 15.4. The van der Waals surface area contributed by atoms with Gasteiger partial charge in [-0.3, -0.25) is 9.59 Å². The third-order valence-corrected chi connectivity index (χ3v) is 4.55. The number of hydrogen-bond acceptors (Lipinski definition) is 4. The Bertz CT molecular complexity index is 1170. The van der Waals surface area contributed by atoms with Crippen LogP contribution in [0.1, 0.15) is 32.2 Å². The number of carbonyl (C=O) groups is 2. The van der Waals surface area contributed by atoms with Gasteiger partial charge in [-0.2, -0.15) is 0 Å². The topological polar surface area (TPSA) is 84.5 Å². The first kappa shape index (κ1) is 17.6. The molecule has 0 aliphatic rings. The fourth-order valence-corrected chi connectivity index (χ4v) is 2.92. The number of nitrogens with one attached hydrogen (secondary N) is 2. The van der Waals surface area contributed by atoms with E-state index in [2.05, 4.69) is 10.6 Å². The number of furan rings is 2. The molecule has 0 bridgehead atoms. The second-order valence-electron chi connectivity index (χ2n) is 6.49. The predicted octanol–water partition coefficient (Wildman–Crippen LogP) is 5.15. The molecule has 0 saturated heterocycles. The summed E-state index contributed by atoms with van der Waals surface area (Å²) in [5.74, 6) is -0.740. The number of fused-ring (bicyclic) bond motifs is 1. The van der Waals surface area contributed by atoms with E-state index in [1.54, 1.807) is 30.3 Å². The van der Waals surface area contributed by atoms with Crippen molar-refractivity contribution in [1.82, 2.24) is 0 Å². The second kappa shape index (κ2) is 7.08. The molecule has 0 aliphatic carbocycles. The predicted molar refractivity (Wildman–Crippen MR) is 107 cm³/mol. The van der Waals surface area contributed by atoms with Crippen molar-refractivity contribution >= 4 is 34.2 Å². The van der Waals surface area contributed by atoms with Gasteiger partial charge in [-0.1, -0.05) is 18.2 Å². The van der Waals surface area contributed by atoms with Gasteiger partial charge in [-0.15, -0.1) is 0 Å². The van der Waals surface area contributed by atoms with Crippen molar-refractivity contribution in [2.45, 2.75) is 13.8 Å². The Hall–Kier alpha value is -3.80. The maximum Gasteiger partial charge on any atom is 0.293 e. The van der Waals surface area contributed by atoms with Crippen LogP contribution in [0.4, 0.5) is 11.4 Å². The quantitative estimate of drug-likeness (QED) is 0.517. The summed E-state index contributed by atoms with van der Waals surface area (Å²) < 4.78 is 10.9. The minimum Gasteiger partial charge on any atom is -0.459 e. The fraction of sp³-hybridized carbons (Fsp3) is 0.0909. The highest BCUT2D eigenvalue weighted by atomic mass is 16.4. The van der Waals surface area contributed by atoms with Crippen molar-refractivity contribution in [3.63, 3.8) is 0 Å². The molecule has 2 heterocycles. The normalized spacial score (nSPS) is 10.8. The summed E-state index contributed by atoms with van der Waals surface area (Å²) in [6.45, 7) is 3.98. The Kier molecular flexibility index (Phi) is 4.45. The van der Waals surface area contributed by atoms with E-state index < -0.39 is 11.8 Å². The highest BCUT2D eigenvalue weighted by Gasteiger charge is 2.23. The molecule has 0 saturated carbocycles. The Morgan fingerprint density at radius 1 is 0.857 bits per heavy atom. The molecule has 0 fully saturated rings. The number of aryl methyl sites for hydroxylation is 2. The maximum atomic E-state index is 12.9. The average Bonchev–Trinajstić information content (AvgIpc) is 3.33. The van der Waals surface area contributed by atoms with Crippen LogP contribution in [0.25, 0.3) is 11.0 Å². The summed E-state index contributed by atoms with van der Waals surface area (Å²) in [6, 6.07) is 15.9. The summed E-state index contributed by atoms with van der Waals surface area (Å²) in [5, 5.41) is 6.20. The molecule has 6 nitrogen and oxygen atoms in total. The summed E-state index contributed by atoms with van der Waals surface area (Å²) >= 11 is 0. The number of carbonyl (C=O) groups excluding carboxylic acids is 2. The monoisotopic (exact) mass is 374 g/mol. The second-order valence-corrected chi connectivity index (χ2v) is 6.49. The standard InChI is InChI=1S/C22H18N2O4/c1-13-9-10-15(12-14(13)2)23-22(26)20-19(16-6-3-4-7-17(16)28-20)24-21(25)18-8-5-11-27-18/h3-12H,1-2H3,(H,23,26)(H,24,25). The van der Waals surface area contributed by atoms with Crippen LogP contribution in [0, 0.1) is 13.8 Å². The molecule has 6 heteroatoms. The molecular weight excluding hydrogens is 356 g/mol. The molecule has 140 valence electrons. The van der Waals surface area contributed by atoms with E-state index in [0.29, 0.717) is 22.3 Å². The minimum absolute atomic E-state index is 0.0272. The molecule has 4 rings (SSSR count). The Morgan fingerprint density at radius 2 is 1.68 bits per heavy atom. The third-order valence-electron chi connectivity index (χ3n) is 4.55. The Labute approximate surface area is 161 Å². The molecule has 0 radical (unpaired) electrons. The highest BCUT2D eigenvalue weighted by Crippen LogP contribution is 2.32. The first-order valence-corrected chi connectivity index (χ1v) is 8.78. The lowest BCUT2D eigenvalue weighted by Gasteiger charge is -2.08. The Balaban J connectivity index is 1.70. The lowest BCUT2D eigenvalue weighted by molar-refractivity contribution is 0.0996. The third kappa shape index (κ3) is 3.27. The number of para-hydroxylation sites is 1. The molecular formula is C22H18N2O4. The van der Waals surface area contributed by atoms with Gasteiger partial charge < -0.3 is 19.5 Å². The van der Waals surface area contributed by atoms with Crippen LogP contribution >= 0.6 is 0 Å². The summed E-state index contributed by atoms with van der Waals surface area (Å²) in [7, 11) is 0. The number of anilines is 2. The van der Waals surface area contributed by atoms with E-state index in [9.17, 15) is 9.59 Å². The van der Waals surface area contributed by atoms with Crippen LogP contribution in [0.2, 0.25) is 0 Å².